The standard InChI is InChI=1S/C21H16N4O/c26-13-14-5-7-15(8-6-14)25-12-17(16-3-1-2-4-20(16)25)18-11-19-21(24-18)23-10-9-22-19/h1-12,26H,13H2,(H,23,24). The zero-order valence-corrected chi connectivity index (χ0v) is 13.9. The first-order chi connectivity index (χ1) is 12.8. The van der Waals surface area contributed by atoms with Gasteiger partial charge in [0.25, 0.3) is 0 Å². The van der Waals surface area contributed by atoms with Crippen molar-refractivity contribution in [2.45, 2.75) is 6.61 Å². The maximum Gasteiger partial charge on any atom is 0.156 e. The van der Waals surface area contributed by atoms with E-state index < -0.39 is 0 Å². The molecule has 0 amide bonds. The van der Waals surface area contributed by atoms with E-state index in [9.17, 15) is 5.11 Å². The number of aromatic amines is 1. The number of benzene rings is 2. The maximum atomic E-state index is 9.27. The van der Waals surface area contributed by atoms with Gasteiger partial charge in [-0.3, -0.25) is 4.98 Å². The molecule has 0 bridgehead atoms. The van der Waals surface area contributed by atoms with Crippen LogP contribution in [0.4, 0.5) is 0 Å². The van der Waals surface area contributed by atoms with Crippen LogP contribution in [0.5, 0.6) is 0 Å². The van der Waals surface area contributed by atoms with Crippen LogP contribution in [-0.2, 0) is 6.61 Å². The quantitative estimate of drug-likeness (QED) is 0.520. The molecule has 0 aliphatic heterocycles. The Morgan fingerprint density at radius 3 is 2.58 bits per heavy atom. The van der Waals surface area contributed by atoms with E-state index in [1.165, 1.54) is 0 Å². The summed E-state index contributed by atoms with van der Waals surface area (Å²) in [6.45, 7) is 0.0486. The summed E-state index contributed by atoms with van der Waals surface area (Å²) >= 11 is 0. The lowest BCUT2D eigenvalue weighted by atomic mass is 10.1. The van der Waals surface area contributed by atoms with Crippen LogP contribution in [0.15, 0.2) is 73.2 Å². The number of nitrogens with zero attached hydrogens (tertiary/aromatic N) is 3. The van der Waals surface area contributed by atoms with E-state index in [-0.39, 0.29) is 6.61 Å². The molecule has 0 saturated heterocycles. The van der Waals surface area contributed by atoms with E-state index >= 15 is 0 Å². The fourth-order valence-electron chi connectivity index (χ4n) is 3.37. The van der Waals surface area contributed by atoms with Crippen molar-refractivity contribution in [3.05, 3.63) is 78.8 Å². The SMILES string of the molecule is OCc1ccc(-n2cc(-c3cc4nccnc4[nH]3)c3ccccc32)cc1. The summed E-state index contributed by atoms with van der Waals surface area (Å²) in [5.41, 5.74) is 6.81. The van der Waals surface area contributed by atoms with E-state index in [1.807, 2.05) is 42.5 Å². The van der Waals surface area contributed by atoms with Crippen molar-refractivity contribution in [2.24, 2.45) is 0 Å². The lowest BCUT2D eigenvalue weighted by Crippen LogP contribution is -1.92. The van der Waals surface area contributed by atoms with Gasteiger partial charge in [-0.1, -0.05) is 30.3 Å². The number of aromatic nitrogens is 4. The number of para-hydroxylation sites is 1. The first-order valence-corrected chi connectivity index (χ1v) is 8.44. The molecule has 0 saturated carbocycles. The third-order valence-corrected chi connectivity index (χ3v) is 4.66. The van der Waals surface area contributed by atoms with Crippen LogP contribution >= 0.6 is 0 Å². The molecule has 0 atom stereocenters. The van der Waals surface area contributed by atoms with Gasteiger partial charge in [-0.15, -0.1) is 0 Å². The molecule has 2 aromatic carbocycles. The van der Waals surface area contributed by atoms with Crippen LogP contribution in [0.2, 0.25) is 0 Å². The predicted octanol–water partition coefficient (Wildman–Crippen LogP) is 4.06. The third kappa shape index (κ3) is 2.29. The summed E-state index contributed by atoms with van der Waals surface area (Å²) in [6, 6.07) is 18.3. The molecule has 0 spiro atoms. The Morgan fingerprint density at radius 1 is 0.962 bits per heavy atom. The van der Waals surface area contributed by atoms with Gasteiger partial charge in [0.1, 0.15) is 5.52 Å². The normalized spacial score (nSPS) is 11.4. The Hall–Kier alpha value is -3.44. The summed E-state index contributed by atoms with van der Waals surface area (Å²) in [5.74, 6) is 0. The fraction of sp³-hybridized carbons (Fsp3) is 0.0476. The second kappa shape index (κ2) is 5.82. The summed E-state index contributed by atoms with van der Waals surface area (Å²) in [5, 5.41) is 10.4. The summed E-state index contributed by atoms with van der Waals surface area (Å²) in [7, 11) is 0. The molecule has 5 aromatic rings. The molecule has 0 unspecified atom stereocenters. The van der Waals surface area contributed by atoms with Crippen LogP contribution in [0.1, 0.15) is 5.56 Å². The number of H-pyrrole nitrogens is 1. The number of fused-ring (bicyclic) bond motifs is 2. The smallest absolute Gasteiger partial charge is 0.156 e. The predicted molar refractivity (Wildman–Crippen MR) is 102 cm³/mol. The Kier molecular flexibility index (Phi) is 3.33. The topological polar surface area (TPSA) is 66.7 Å². The van der Waals surface area contributed by atoms with Gasteiger partial charge in [-0.2, -0.15) is 0 Å². The van der Waals surface area contributed by atoms with Gasteiger partial charge in [0, 0.05) is 35.2 Å². The molecule has 3 aromatic heterocycles. The van der Waals surface area contributed by atoms with Gasteiger partial charge >= 0.3 is 0 Å². The minimum absolute atomic E-state index is 0.0486. The van der Waals surface area contributed by atoms with E-state index in [1.54, 1.807) is 12.4 Å². The van der Waals surface area contributed by atoms with Crippen molar-refractivity contribution in [3.63, 3.8) is 0 Å². The molecule has 0 aliphatic rings. The number of hydrogen-bond acceptors (Lipinski definition) is 3. The molecular formula is C21H16N4O. The second-order valence-electron chi connectivity index (χ2n) is 6.23. The van der Waals surface area contributed by atoms with Crippen molar-refractivity contribution >= 4 is 22.1 Å². The molecule has 3 heterocycles. The Bertz CT molecular complexity index is 1180. The largest absolute Gasteiger partial charge is 0.392 e. The number of rotatable bonds is 3. The molecule has 5 nitrogen and oxygen atoms in total. The number of aliphatic hydroxyl groups excluding tert-OH is 1. The van der Waals surface area contributed by atoms with Crippen molar-refractivity contribution in [1.82, 2.24) is 19.5 Å². The average Bonchev–Trinajstić information content (AvgIpc) is 3.29. The Morgan fingerprint density at radius 2 is 1.77 bits per heavy atom. The zero-order chi connectivity index (χ0) is 17.5. The molecule has 26 heavy (non-hydrogen) atoms. The van der Waals surface area contributed by atoms with Crippen LogP contribution in [0.3, 0.4) is 0 Å². The summed E-state index contributed by atoms with van der Waals surface area (Å²) < 4.78 is 2.16. The van der Waals surface area contributed by atoms with Gasteiger partial charge in [-0.05, 0) is 29.8 Å². The molecular weight excluding hydrogens is 324 g/mol. The molecule has 0 radical (unpaired) electrons. The third-order valence-electron chi connectivity index (χ3n) is 4.66. The Balaban J connectivity index is 1.73. The minimum Gasteiger partial charge on any atom is -0.392 e. The van der Waals surface area contributed by atoms with Crippen LogP contribution in [0.25, 0.3) is 39.0 Å². The van der Waals surface area contributed by atoms with E-state index in [0.717, 1.165) is 44.6 Å². The van der Waals surface area contributed by atoms with E-state index in [0.29, 0.717) is 0 Å². The van der Waals surface area contributed by atoms with Crippen LogP contribution in [0, 0.1) is 0 Å². The second-order valence-corrected chi connectivity index (χ2v) is 6.23. The number of aliphatic hydroxyl groups is 1. The fourth-order valence-corrected chi connectivity index (χ4v) is 3.37. The number of hydrogen-bond donors (Lipinski definition) is 2. The van der Waals surface area contributed by atoms with Gasteiger partial charge in [-0.25, -0.2) is 4.98 Å². The lowest BCUT2D eigenvalue weighted by molar-refractivity contribution is 0.282. The number of nitrogens with one attached hydrogen (secondary N) is 1. The summed E-state index contributed by atoms with van der Waals surface area (Å²) in [4.78, 5) is 12.1. The highest BCUT2D eigenvalue weighted by Gasteiger charge is 2.13. The molecule has 126 valence electrons. The minimum atomic E-state index is 0.0486. The lowest BCUT2D eigenvalue weighted by Gasteiger charge is -2.06. The molecule has 5 heteroatoms. The Labute approximate surface area is 149 Å². The highest BCUT2D eigenvalue weighted by molar-refractivity contribution is 5.98. The summed E-state index contributed by atoms with van der Waals surface area (Å²) in [6.07, 6.45) is 5.52. The first kappa shape index (κ1) is 14.9. The molecule has 0 aliphatic carbocycles. The van der Waals surface area contributed by atoms with Crippen molar-refractivity contribution in [2.75, 3.05) is 0 Å². The monoisotopic (exact) mass is 340 g/mol. The van der Waals surface area contributed by atoms with Crippen LogP contribution < -0.4 is 0 Å². The van der Waals surface area contributed by atoms with E-state index in [4.69, 9.17) is 0 Å². The van der Waals surface area contributed by atoms with Gasteiger partial charge in [0.15, 0.2) is 5.65 Å². The van der Waals surface area contributed by atoms with Gasteiger partial charge < -0.3 is 14.7 Å². The highest BCUT2D eigenvalue weighted by Crippen LogP contribution is 2.33. The molecule has 5 rings (SSSR count). The van der Waals surface area contributed by atoms with Crippen molar-refractivity contribution in [3.8, 4) is 16.9 Å². The first-order valence-electron chi connectivity index (χ1n) is 8.44. The van der Waals surface area contributed by atoms with Crippen LogP contribution in [-0.4, -0.2) is 24.6 Å². The van der Waals surface area contributed by atoms with Crippen molar-refractivity contribution in [1.29, 1.82) is 0 Å². The van der Waals surface area contributed by atoms with Gasteiger partial charge in [0.2, 0.25) is 0 Å². The zero-order valence-electron chi connectivity index (χ0n) is 13.9. The average molecular weight is 340 g/mol. The van der Waals surface area contributed by atoms with Gasteiger partial charge in [0.05, 0.1) is 17.8 Å². The maximum absolute atomic E-state index is 9.27. The van der Waals surface area contributed by atoms with E-state index in [2.05, 4.69) is 37.8 Å². The molecule has 0 fully saturated rings. The molecule has 2 N–H and O–H groups in total. The van der Waals surface area contributed by atoms with Crippen molar-refractivity contribution < 1.29 is 5.11 Å². The highest BCUT2D eigenvalue weighted by atomic mass is 16.3.